The quantitative estimate of drug-likeness (QED) is 0.480. The van der Waals surface area contributed by atoms with Crippen LogP contribution in [0.4, 0.5) is 5.82 Å². The van der Waals surface area contributed by atoms with Crippen LogP contribution in [0.25, 0.3) is 9.88 Å². The zero-order valence-electron chi connectivity index (χ0n) is 14.3. The SMILES string of the molecule is Cc1nc(-c2cccs2)sc1C(=O)Nc1ccnn1Cc1ccc(Cl)cc1. The highest BCUT2D eigenvalue weighted by atomic mass is 35.5. The summed E-state index contributed by atoms with van der Waals surface area (Å²) in [5, 5.41) is 10.8. The van der Waals surface area contributed by atoms with Gasteiger partial charge in [-0.3, -0.25) is 4.79 Å². The van der Waals surface area contributed by atoms with Gasteiger partial charge in [0.15, 0.2) is 0 Å². The second kappa shape index (κ2) is 7.64. The Hall–Kier alpha value is -2.48. The van der Waals surface area contributed by atoms with Gasteiger partial charge < -0.3 is 5.32 Å². The normalized spacial score (nSPS) is 10.9. The van der Waals surface area contributed by atoms with Crippen LogP contribution in [0.3, 0.4) is 0 Å². The highest BCUT2D eigenvalue weighted by molar-refractivity contribution is 7.22. The molecule has 4 aromatic rings. The third-order valence-corrected chi connectivity index (χ3v) is 6.39. The van der Waals surface area contributed by atoms with Crippen LogP contribution in [0, 0.1) is 6.92 Å². The third kappa shape index (κ3) is 3.95. The van der Waals surface area contributed by atoms with Crippen molar-refractivity contribution >= 4 is 46.0 Å². The third-order valence-electron chi connectivity index (χ3n) is 3.94. The van der Waals surface area contributed by atoms with Gasteiger partial charge in [-0.1, -0.05) is 29.8 Å². The van der Waals surface area contributed by atoms with E-state index >= 15 is 0 Å². The van der Waals surface area contributed by atoms with Crippen molar-refractivity contribution in [1.82, 2.24) is 14.8 Å². The molecule has 0 spiro atoms. The lowest BCUT2D eigenvalue weighted by Gasteiger charge is -2.09. The minimum Gasteiger partial charge on any atom is -0.306 e. The zero-order chi connectivity index (χ0) is 18.8. The topological polar surface area (TPSA) is 59.8 Å². The van der Waals surface area contributed by atoms with Gasteiger partial charge in [-0.2, -0.15) is 5.10 Å². The summed E-state index contributed by atoms with van der Waals surface area (Å²) in [6.07, 6.45) is 1.67. The van der Waals surface area contributed by atoms with Crippen LogP contribution in [0.1, 0.15) is 20.9 Å². The molecule has 0 bridgehead atoms. The molecule has 3 heterocycles. The van der Waals surface area contributed by atoms with Crippen molar-refractivity contribution < 1.29 is 4.79 Å². The number of nitrogens with zero attached hydrogens (tertiary/aromatic N) is 3. The number of halogens is 1. The summed E-state index contributed by atoms with van der Waals surface area (Å²) >= 11 is 8.95. The van der Waals surface area contributed by atoms with E-state index < -0.39 is 0 Å². The number of aromatic nitrogens is 3. The van der Waals surface area contributed by atoms with Gasteiger partial charge in [-0.25, -0.2) is 9.67 Å². The second-order valence-electron chi connectivity index (χ2n) is 5.87. The largest absolute Gasteiger partial charge is 0.306 e. The van der Waals surface area contributed by atoms with Crippen molar-refractivity contribution in [2.75, 3.05) is 5.32 Å². The first-order chi connectivity index (χ1) is 13.1. The van der Waals surface area contributed by atoms with Crippen molar-refractivity contribution in [1.29, 1.82) is 0 Å². The first-order valence-corrected chi connectivity index (χ1v) is 10.3. The number of benzene rings is 1. The number of thiazole rings is 1. The van der Waals surface area contributed by atoms with Crippen molar-refractivity contribution in [2.24, 2.45) is 0 Å². The second-order valence-corrected chi connectivity index (χ2v) is 8.25. The first kappa shape index (κ1) is 17.9. The molecule has 1 amide bonds. The molecule has 8 heteroatoms. The molecule has 1 aromatic carbocycles. The fourth-order valence-electron chi connectivity index (χ4n) is 2.61. The Morgan fingerprint density at radius 1 is 1.22 bits per heavy atom. The number of hydrogen-bond donors (Lipinski definition) is 1. The Morgan fingerprint density at radius 2 is 2.04 bits per heavy atom. The van der Waals surface area contributed by atoms with Gasteiger partial charge >= 0.3 is 0 Å². The van der Waals surface area contributed by atoms with Gasteiger partial charge in [-0.05, 0) is 36.1 Å². The van der Waals surface area contributed by atoms with Gasteiger partial charge in [0.05, 0.1) is 23.3 Å². The van der Waals surface area contributed by atoms with Gasteiger partial charge in [0.1, 0.15) is 15.7 Å². The molecule has 0 fully saturated rings. The average molecular weight is 415 g/mol. The average Bonchev–Trinajstić information content (AvgIpc) is 3.38. The number of rotatable bonds is 5. The van der Waals surface area contributed by atoms with E-state index in [2.05, 4.69) is 15.4 Å². The van der Waals surface area contributed by atoms with E-state index in [-0.39, 0.29) is 5.91 Å². The van der Waals surface area contributed by atoms with E-state index in [1.54, 1.807) is 28.3 Å². The Morgan fingerprint density at radius 3 is 2.78 bits per heavy atom. The van der Waals surface area contributed by atoms with Gasteiger partial charge in [0, 0.05) is 11.1 Å². The highest BCUT2D eigenvalue weighted by Gasteiger charge is 2.18. The molecule has 27 heavy (non-hydrogen) atoms. The molecule has 5 nitrogen and oxygen atoms in total. The van der Waals surface area contributed by atoms with Crippen molar-refractivity contribution in [3.8, 4) is 9.88 Å². The van der Waals surface area contributed by atoms with Crippen molar-refractivity contribution in [3.63, 3.8) is 0 Å². The van der Waals surface area contributed by atoms with Crippen LogP contribution in [0.2, 0.25) is 5.02 Å². The Bertz CT molecular complexity index is 1070. The number of nitrogens with one attached hydrogen (secondary N) is 1. The van der Waals surface area contributed by atoms with Crippen LogP contribution in [0.15, 0.2) is 54.0 Å². The Labute approximate surface area is 169 Å². The van der Waals surface area contributed by atoms with Gasteiger partial charge in [-0.15, -0.1) is 22.7 Å². The van der Waals surface area contributed by atoms with Crippen LogP contribution >= 0.6 is 34.3 Å². The van der Waals surface area contributed by atoms with E-state index in [0.29, 0.717) is 22.3 Å². The smallest absolute Gasteiger partial charge is 0.268 e. The molecule has 0 unspecified atom stereocenters. The maximum Gasteiger partial charge on any atom is 0.268 e. The summed E-state index contributed by atoms with van der Waals surface area (Å²) < 4.78 is 1.75. The molecule has 0 atom stereocenters. The molecule has 0 saturated heterocycles. The van der Waals surface area contributed by atoms with E-state index in [0.717, 1.165) is 21.1 Å². The summed E-state index contributed by atoms with van der Waals surface area (Å²) in [5.74, 6) is 0.464. The van der Waals surface area contributed by atoms with Gasteiger partial charge in [0.2, 0.25) is 0 Å². The van der Waals surface area contributed by atoms with Gasteiger partial charge in [0.25, 0.3) is 5.91 Å². The summed E-state index contributed by atoms with van der Waals surface area (Å²) in [4.78, 5) is 19.0. The maximum absolute atomic E-state index is 12.8. The summed E-state index contributed by atoms with van der Waals surface area (Å²) in [5.41, 5.74) is 1.78. The highest BCUT2D eigenvalue weighted by Crippen LogP contribution is 2.31. The molecule has 4 rings (SSSR count). The van der Waals surface area contributed by atoms with E-state index in [4.69, 9.17) is 11.6 Å². The zero-order valence-corrected chi connectivity index (χ0v) is 16.7. The molecule has 3 aromatic heterocycles. The predicted molar refractivity (Wildman–Crippen MR) is 111 cm³/mol. The fourth-order valence-corrected chi connectivity index (χ4v) is 4.50. The minimum absolute atomic E-state index is 0.175. The summed E-state index contributed by atoms with van der Waals surface area (Å²) in [7, 11) is 0. The lowest BCUT2D eigenvalue weighted by atomic mass is 10.2. The first-order valence-electron chi connectivity index (χ1n) is 8.19. The van der Waals surface area contributed by atoms with E-state index in [1.807, 2.05) is 48.7 Å². The Balaban J connectivity index is 1.52. The van der Waals surface area contributed by atoms with E-state index in [1.165, 1.54) is 11.3 Å². The van der Waals surface area contributed by atoms with Crippen LogP contribution in [-0.2, 0) is 6.54 Å². The van der Waals surface area contributed by atoms with Crippen molar-refractivity contribution in [3.05, 3.63) is 75.2 Å². The monoisotopic (exact) mass is 414 g/mol. The van der Waals surface area contributed by atoms with Crippen LogP contribution in [0.5, 0.6) is 0 Å². The van der Waals surface area contributed by atoms with E-state index in [9.17, 15) is 4.79 Å². The molecular formula is C19H15ClN4OS2. The molecule has 0 aliphatic rings. The number of aryl methyl sites for hydroxylation is 1. The molecular weight excluding hydrogens is 400 g/mol. The standard InChI is InChI=1S/C19H15ClN4OS2/c1-12-17(27-19(22-12)15-3-2-10-26-15)18(25)23-16-8-9-21-24(16)11-13-4-6-14(20)7-5-13/h2-10H,11H2,1H3,(H,23,25). The lowest BCUT2D eigenvalue weighted by molar-refractivity contribution is 0.102. The molecule has 0 aliphatic heterocycles. The number of anilines is 1. The molecule has 1 N–H and O–H groups in total. The van der Waals surface area contributed by atoms with Crippen LogP contribution in [-0.4, -0.2) is 20.7 Å². The lowest BCUT2D eigenvalue weighted by Crippen LogP contribution is -2.16. The molecule has 0 radical (unpaired) electrons. The number of amides is 1. The maximum atomic E-state index is 12.8. The number of carbonyl (C=O) groups is 1. The molecule has 0 aliphatic carbocycles. The number of carbonyl (C=O) groups excluding carboxylic acids is 1. The fraction of sp³-hybridized carbons (Fsp3) is 0.105. The summed E-state index contributed by atoms with van der Waals surface area (Å²) in [6.45, 7) is 2.40. The molecule has 0 saturated carbocycles. The minimum atomic E-state index is -0.175. The number of hydrogen-bond acceptors (Lipinski definition) is 5. The predicted octanol–water partition coefficient (Wildman–Crippen LogP) is 5.33. The Kier molecular flexibility index (Phi) is 5.07. The number of thiophene rings is 1. The molecule has 136 valence electrons. The van der Waals surface area contributed by atoms with Crippen LogP contribution < -0.4 is 5.32 Å². The summed E-state index contributed by atoms with van der Waals surface area (Å²) in [6, 6.07) is 13.3. The van der Waals surface area contributed by atoms with Crippen molar-refractivity contribution in [2.45, 2.75) is 13.5 Å².